The summed E-state index contributed by atoms with van der Waals surface area (Å²) in [6.45, 7) is 5.99. The molecule has 1 heterocycles. The van der Waals surface area contributed by atoms with Gasteiger partial charge in [0.05, 0.1) is 5.75 Å². The van der Waals surface area contributed by atoms with Gasteiger partial charge in [0.25, 0.3) is 0 Å². The first kappa shape index (κ1) is 18.4. The molecule has 1 fully saturated rings. The molecule has 2 aromatic carbocycles. The lowest BCUT2D eigenvalue weighted by Crippen LogP contribution is -2.45. The second kappa shape index (κ2) is 7.85. The summed E-state index contributed by atoms with van der Waals surface area (Å²) in [5.74, 6) is 0.223. The second-order valence-electron chi connectivity index (χ2n) is 7.03. The van der Waals surface area contributed by atoms with Gasteiger partial charge in [-0.05, 0) is 48.6 Å². The van der Waals surface area contributed by atoms with Gasteiger partial charge >= 0.3 is 0 Å². The minimum absolute atomic E-state index is 0.0802. The summed E-state index contributed by atoms with van der Waals surface area (Å²) in [5.41, 5.74) is 1.32. The molecular formula is C20H28N2O2S. The van der Waals surface area contributed by atoms with Crippen molar-refractivity contribution < 1.29 is 8.42 Å². The normalized spacial score (nSPS) is 18.5. The smallest absolute Gasteiger partial charge is 0.211 e. The Morgan fingerprint density at radius 3 is 2.48 bits per heavy atom. The molecule has 1 aliphatic rings. The average Bonchev–Trinajstić information content (AvgIpc) is 2.61. The lowest BCUT2D eigenvalue weighted by atomic mass is 9.98. The van der Waals surface area contributed by atoms with Gasteiger partial charge in [0.1, 0.15) is 0 Å². The molecular weight excluding hydrogens is 332 g/mol. The third-order valence-electron chi connectivity index (χ3n) is 5.15. The van der Waals surface area contributed by atoms with E-state index in [9.17, 15) is 8.42 Å². The molecule has 0 saturated carbocycles. The first-order valence-corrected chi connectivity index (χ1v) is 10.9. The maximum absolute atomic E-state index is 11.9. The van der Waals surface area contributed by atoms with Gasteiger partial charge in [-0.3, -0.25) is 4.90 Å². The fourth-order valence-electron chi connectivity index (χ4n) is 3.66. The highest BCUT2D eigenvalue weighted by Gasteiger charge is 2.26. The molecule has 1 N–H and O–H groups in total. The predicted molar refractivity (Wildman–Crippen MR) is 104 cm³/mol. The number of benzene rings is 2. The van der Waals surface area contributed by atoms with Crippen molar-refractivity contribution in [3.63, 3.8) is 0 Å². The van der Waals surface area contributed by atoms with Gasteiger partial charge < -0.3 is 0 Å². The number of nitrogens with zero attached hydrogens (tertiary/aromatic N) is 1. The van der Waals surface area contributed by atoms with E-state index in [-0.39, 0.29) is 11.8 Å². The molecule has 4 nitrogen and oxygen atoms in total. The zero-order valence-electron chi connectivity index (χ0n) is 15.1. The van der Waals surface area contributed by atoms with Crippen LogP contribution < -0.4 is 4.72 Å². The van der Waals surface area contributed by atoms with Gasteiger partial charge in [-0.2, -0.15) is 0 Å². The number of sulfonamides is 1. The zero-order chi connectivity index (χ0) is 17.9. The average molecular weight is 361 g/mol. The van der Waals surface area contributed by atoms with Crippen LogP contribution in [-0.4, -0.2) is 38.2 Å². The van der Waals surface area contributed by atoms with Crippen molar-refractivity contribution in [1.29, 1.82) is 0 Å². The van der Waals surface area contributed by atoms with E-state index in [4.69, 9.17) is 0 Å². The molecule has 1 atom stereocenters. The van der Waals surface area contributed by atoms with E-state index < -0.39 is 10.0 Å². The van der Waals surface area contributed by atoms with Crippen molar-refractivity contribution in [3.8, 4) is 0 Å². The molecule has 0 bridgehead atoms. The Labute approximate surface area is 151 Å². The molecule has 2 aromatic rings. The Morgan fingerprint density at radius 1 is 1.12 bits per heavy atom. The maximum atomic E-state index is 11.9. The van der Waals surface area contributed by atoms with Crippen LogP contribution in [0.15, 0.2) is 42.5 Å². The molecule has 3 rings (SSSR count). The van der Waals surface area contributed by atoms with Crippen LogP contribution in [0.1, 0.15) is 44.7 Å². The number of fused-ring (bicyclic) bond motifs is 1. The van der Waals surface area contributed by atoms with Crippen molar-refractivity contribution >= 4 is 20.8 Å². The van der Waals surface area contributed by atoms with E-state index in [1.54, 1.807) is 0 Å². The van der Waals surface area contributed by atoms with Crippen molar-refractivity contribution in [2.75, 3.05) is 18.8 Å². The van der Waals surface area contributed by atoms with Crippen LogP contribution >= 0.6 is 0 Å². The standard InChI is InChI=1S/C20H28N2O2S/c1-3-14-25(23,24)21-20-10-12-22(13-11-20)16(2)18-9-8-17-6-4-5-7-19(17)15-18/h4-9,15-16,20-21H,3,10-14H2,1-2H3/t16-/m0/s1. The van der Waals surface area contributed by atoms with Crippen LogP contribution in [0.2, 0.25) is 0 Å². The quantitative estimate of drug-likeness (QED) is 0.855. The Bertz CT molecular complexity index is 811. The van der Waals surface area contributed by atoms with E-state index in [1.165, 1.54) is 16.3 Å². The topological polar surface area (TPSA) is 49.4 Å². The molecule has 1 aliphatic heterocycles. The summed E-state index contributed by atoms with van der Waals surface area (Å²) in [6, 6.07) is 15.5. The highest BCUT2D eigenvalue weighted by molar-refractivity contribution is 7.89. The number of nitrogens with one attached hydrogen (secondary N) is 1. The molecule has 0 spiro atoms. The van der Waals surface area contributed by atoms with Crippen molar-refractivity contribution in [2.45, 2.75) is 45.2 Å². The Morgan fingerprint density at radius 2 is 1.80 bits per heavy atom. The third-order valence-corrected chi connectivity index (χ3v) is 6.79. The predicted octanol–water partition coefficient (Wildman–Crippen LogP) is 3.69. The van der Waals surface area contributed by atoms with Gasteiger partial charge in [0.2, 0.25) is 10.0 Å². The number of likely N-dealkylation sites (tertiary alicyclic amines) is 1. The van der Waals surface area contributed by atoms with Crippen LogP contribution in [0.4, 0.5) is 0 Å². The van der Waals surface area contributed by atoms with E-state index in [1.807, 2.05) is 6.92 Å². The van der Waals surface area contributed by atoms with E-state index in [2.05, 4.69) is 59.0 Å². The van der Waals surface area contributed by atoms with Crippen LogP contribution in [0, 0.1) is 0 Å². The fourth-order valence-corrected chi connectivity index (χ4v) is 5.06. The molecule has 0 unspecified atom stereocenters. The fraction of sp³-hybridized carbons (Fsp3) is 0.500. The number of hydrogen-bond acceptors (Lipinski definition) is 3. The first-order valence-electron chi connectivity index (χ1n) is 9.21. The SMILES string of the molecule is CCCS(=O)(=O)NC1CCN([C@@H](C)c2ccc3ccccc3c2)CC1. The highest BCUT2D eigenvalue weighted by atomic mass is 32.2. The van der Waals surface area contributed by atoms with Gasteiger partial charge in [-0.25, -0.2) is 13.1 Å². The lowest BCUT2D eigenvalue weighted by molar-refractivity contribution is 0.159. The molecule has 25 heavy (non-hydrogen) atoms. The highest BCUT2D eigenvalue weighted by Crippen LogP contribution is 2.27. The molecule has 136 valence electrons. The largest absolute Gasteiger partial charge is 0.296 e. The van der Waals surface area contributed by atoms with Gasteiger partial charge in [0, 0.05) is 25.2 Å². The van der Waals surface area contributed by atoms with E-state index in [0.717, 1.165) is 25.9 Å². The lowest BCUT2D eigenvalue weighted by Gasteiger charge is -2.36. The maximum Gasteiger partial charge on any atom is 0.211 e. The number of hydrogen-bond donors (Lipinski definition) is 1. The third kappa shape index (κ3) is 4.60. The van der Waals surface area contributed by atoms with E-state index in [0.29, 0.717) is 12.5 Å². The van der Waals surface area contributed by atoms with Crippen molar-refractivity contribution in [1.82, 2.24) is 9.62 Å². The number of rotatable bonds is 6. The summed E-state index contributed by atoms with van der Waals surface area (Å²) < 4.78 is 26.7. The van der Waals surface area contributed by atoms with Crippen LogP contribution in [0.3, 0.4) is 0 Å². The first-order chi connectivity index (χ1) is 12.0. The van der Waals surface area contributed by atoms with Crippen LogP contribution in [0.25, 0.3) is 10.8 Å². The molecule has 0 amide bonds. The molecule has 0 radical (unpaired) electrons. The summed E-state index contributed by atoms with van der Waals surface area (Å²) in [5, 5.41) is 2.54. The molecule has 1 saturated heterocycles. The summed E-state index contributed by atoms with van der Waals surface area (Å²) in [4.78, 5) is 2.45. The monoisotopic (exact) mass is 360 g/mol. The molecule has 0 aliphatic carbocycles. The Hall–Kier alpha value is -1.43. The zero-order valence-corrected chi connectivity index (χ0v) is 15.9. The van der Waals surface area contributed by atoms with Crippen LogP contribution in [0.5, 0.6) is 0 Å². The number of piperidine rings is 1. The summed E-state index contributed by atoms with van der Waals surface area (Å²) in [6.07, 6.45) is 2.41. The Balaban J connectivity index is 1.61. The van der Waals surface area contributed by atoms with Gasteiger partial charge in [-0.1, -0.05) is 43.3 Å². The van der Waals surface area contributed by atoms with Crippen molar-refractivity contribution in [3.05, 3.63) is 48.0 Å². The molecule has 5 heteroatoms. The van der Waals surface area contributed by atoms with Gasteiger partial charge in [0.15, 0.2) is 0 Å². The van der Waals surface area contributed by atoms with Crippen LogP contribution in [-0.2, 0) is 10.0 Å². The van der Waals surface area contributed by atoms with Crippen molar-refractivity contribution in [2.24, 2.45) is 0 Å². The second-order valence-corrected chi connectivity index (χ2v) is 8.90. The summed E-state index contributed by atoms with van der Waals surface area (Å²) >= 11 is 0. The minimum atomic E-state index is -3.11. The minimum Gasteiger partial charge on any atom is -0.296 e. The van der Waals surface area contributed by atoms with E-state index >= 15 is 0 Å². The van der Waals surface area contributed by atoms with Gasteiger partial charge in [-0.15, -0.1) is 0 Å². The summed E-state index contributed by atoms with van der Waals surface area (Å²) in [7, 11) is -3.11. The Kier molecular flexibility index (Phi) is 5.77. The molecule has 0 aromatic heterocycles.